The van der Waals surface area contributed by atoms with E-state index in [1.165, 1.54) is 16.9 Å². The first kappa shape index (κ1) is 22.6. The summed E-state index contributed by atoms with van der Waals surface area (Å²) in [6, 6.07) is 9.35. The molecule has 0 spiro atoms. The molecular weight excluding hydrogens is 450 g/mol. The van der Waals surface area contributed by atoms with Gasteiger partial charge >= 0.3 is 0 Å². The number of rotatable bonds is 6. The molecule has 1 fully saturated rings. The Labute approximate surface area is 201 Å². The third-order valence-corrected chi connectivity index (χ3v) is 7.73. The molecule has 0 bridgehead atoms. The number of nitrogens with zero attached hydrogens (tertiary/aromatic N) is 4. The minimum absolute atomic E-state index is 0.00775. The lowest BCUT2D eigenvalue weighted by Gasteiger charge is -2.34. The molecule has 8 nitrogen and oxygen atoms in total. The van der Waals surface area contributed by atoms with E-state index in [2.05, 4.69) is 16.0 Å². The molecule has 0 unspecified atom stereocenters. The number of aryl methyl sites for hydroxylation is 2. The number of thiophene rings is 1. The number of carbonyl (C=O) groups excluding carboxylic acids is 1. The number of aromatic amines is 1. The molecule has 0 saturated carbocycles. The first-order valence-corrected chi connectivity index (χ1v) is 12.5. The molecule has 176 valence electrons. The van der Waals surface area contributed by atoms with E-state index in [0.29, 0.717) is 37.6 Å². The van der Waals surface area contributed by atoms with Crippen molar-refractivity contribution < 1.29 is 9.53 Å². The highest BCUT2D eigenvalue weighted by atomic mass is 32.1. The standard InChI is InChI=1S/C25H27N5O3S/c26-10-9-17-5-7-18(8-6-17)33-16-22(31)30-13-11-29(12-14-30)15-21-27-24(32)23-19-3-1-2-4-20(19)34-25(23)28-21/h5-8H,1-4,9,11-16H2,(H,27,28,32). The van der Waals surface area contributed by atoms with Crippen LogP contribution < -0.4 is 10.3 Å². The van der Waals surface area contributed by atoms with Gasteiger partial charge in [-0.05, 0) is 48.9 Å². The maximum Gasteiger partial charge on any atom is 0.260 e. The van der Waals surface area contributed by atoms with E-state index in [1.807, 2.05) is 17.0 Å². The zero-order valence-electron chi connectivity index (χ0n) is 19.0. The fourth-order valence-electron chi connectivity index (χ4n) is 4.68. The topological polar surface area (TPSA) is 102 Å². The number of hydrogen-bond acceptors (Lipinski definition) is 7. The molecule has 0 radical (unpaired) electrons. The lowest BCUT2D eigenvalue weighted by atomic mass is 9.97. The zero-order valence-corrected chi connectivity index (χ0v) is 19.8. The van der Waals surface area contributed by atoms with Crippen LogP contribution in [0.25, 0.3) is 10.2 Å². The van der Waals surface area contributed by atoms with Gasteiger partial charge in [0.25, 0.3) is 11.5 Å². The second-order valence-corrected chi connectivity index (χ2v) is 9.91. The van der Waals surface area contributed by atoms with Crippen molar-refractivity contribution in [2.24, 2.45) is 0 Å². The van der Waals surface area contributed by atoms with Gasteiger partial charge in [0.15, 0.2) is 6.61 Å². The van der Waals surface area contributed by atoms with E-state index < -0.39 is 0 Å². The highest BCUT2D eigenvalue weighted by Gasteiger charge is 2.23. The van der Waals surface area contributed by atoms with Crippen LogP contribution in [-0.4, -0.2) is 58.5 Å². The number of carbonyl (C=O) groups is 1. The van der Waals surface area contributed by atoms with Gasteiger partial charge in [0.2, 0.25) is 0 Å². The van der Waals surface area contributed by atoms with Crippen LogP contribution in [0.4, 0.5) is 0 Å². The maximum absolute atomic E-state index is 12.8. The Morgan fingerprint density at radius 3 is 2.68 bits per heavy atom. The fraction of sp³-hybridized carbons (Fsp3) is 0.440. The van der Waals surface area contributed by atoms with Gasteiger partial charge in [0, 0.05) is 31.1 Å². The first-order valence-electron chi connectivity index (χ1n) is 11.7. The van der Waals surface area contributed by atoms with Crippen molar-refractivity contribution in [2.75, 3.05) is 32.8 Å². The van der Waals surface area contributed by atoms with Crippen LogP contribution in [0.2, 0.25) is 0 Å². The highest BCUT2D eigenvalue weighted by molar-refractivity contribution is 7.18. The van der Waals surface area contributed by atoms with Crippen LogP contribution >= 0.6 is 11.3 Å². The van der Waals surface area contributed by atoms with Crippen molar-refractivity contribution in [3.05, 3.63) is 56.4 Å². The Morgan fingerprint density at radius 2 is 1.91 bits per heavy atom. The smallest absolute Gasteiger partial charge is 0.260 e. The third-order valence-electron chi connectivity index (χ3n) is 6.54. The SMILES string of the molecule is N#CCc1ccc(OCC(=O)N2CCN(Cc3nc4sc5c(c4c(=O)[nH]3)CCCC5)CC2)cc1. The Balaban J connectivity index is 1.14. The molecular formula is C25H27N5O3S. The van der Waals surface area contributed by atoms with Crippen LogP contribution in [-0.2, 0) is 30.6 Å². The van der Waals surface area contributed by atoms with Crippen molar-refractivity contribution in [2.45, 2.75) is 38.6 Å². The molecule has 1 amide bonds. The minimum atomic E-state index is -0.0436. The summed E-state index contributed by atoms with van der Waals surface area (Å²) in [4.78, 5) is 39.3. The van der Waals surface area contributed by atoms with Crippen molar-refractivity contribution in [1.29, 1.82) is 5.26 Å². The molecule has 5 rings (SSSR count). The number of nitrogens with one attached hydrogen (secondary N) is 1. The van der Waals surface area contributed by atoms with Crippen molar-refractivity contribution in [3.8, 4) is 11.8 Å². The average Bonchev–Trinajstić information content (AvgIpc) is 3.23. The number of hydrogen-bond donors (Lipinski definition) is 1. The quantitative estimate of drug-likeness (QED) is 0.586. The van der Waals surface area contributed by atoms with E-state index in [1.54, 1.807) is 23.5 Å². The number of aromatic nitrogens is 2. The first-order chi connectivity index (χ1) is 16.6. The normalized spacial score (nSPS) is 16.3. The predicted molar refractivity (Wildman–Crippen MR) is 130 cm³/mol. The van der Waals surface area contributed by atoms with Gasteiger partial charge in [0.1, 0.15) is 16.4 Å². The predicted octanol–water partition coefficient (Wildman–Crippen LogP) is 2.65. The molecule has 1 aliphatic carbocycles. The molecule has 9 heteroatoms. The van der Waals surface area contributed by atoms with E-state index >= 15 is 0 Å². The zero-order chi connectivity index (χ0) is 23.5. The summed E-state index contributed by atoms with van der Waals surface area (Å²) in [6.07, 6.45) is 4.72. The molecule has 1 N–H and O–H groups in total. The number of benzene rings is 1. The lowest BCUT2D eigenvalue weighted by molar-refractivity contribution is -0.135. The Bertz CT molecular complexity index is 1280. The van der Waals surface area contributed by atoms with Gasteiger partial charge in [-0.25, -0.2) is 4.98 Å². The largest absolute Gasteiger partial charge is 0.484 e. The molecule has 3 heterocycles. The summed E-state index contributed by atoms with van der Waals surface area (Å²) in [5, 5.41) is 9.53. The highest BCUT2D eigenvalue weighted by Crippen LogP contribution is 2.33. The number of fused-ring (bicyclic) bond motifs is 3. The maximum atomic E-state index is 12.8. The molecule has 3 aromatic rings. The van der Waals surface area contributed by atoms with E-state index in [9.17, 15) is 9.59 Å². The number of H-pyrrole nitrogens is 1. The van der Waals surface area contributed by atoms with Crippen LogP contribution in [0.5, 0.6) is 5.75 Å². The van der Waals surface area contributed by atoms with Gasteiger partial charge in [-0.3, -0.25) is 14.5 Å². The molecule has 1 saturated heterocycles. The molecule has 1 aliphatic heterocycles. The van der Waals surface area contributed by atoms with E-state index in [-0.39, 0.29) is 18.1 Å². The van der Waals surface area contributed by atoms with Gasteiger partial charge in [-0.15, -0.1) is 11.3 Å². The number of nitriles is 1. The monoisotopic (exact) mass is 477 g/mol. The van der Waals surface area contributed by atoms with Crippen molar-refractivity contribution >= 4 is 27.5 Å². The number of ether oxygens (including phenoxy) is 1. The summed E-state index contributed by atoms with van der Waals surface area (Å²) in [7, 11) is 0. The molecule has 2 aromatic heterocycles. The second kappa shape index (κ2) is 9.95. The van der Waals surface area contributed by atoms with Gasteiger partial charge in [-0.1, -0.05) is 12.1 Å². The van der Waals surface area contributed by atoms with Crippen LogP contribution in [0.1, 0.15) is 34.7 Å². The van der Waals surface area contributed by atoms with Crippen molar-refractivity contribution in [3.63, 3.8) is 0 Å². The van der Waals surface area contributed by atoms with Crippen molar-refractivity contribution in [1.82, 2.24) is 19.8 Å². The number of piperazine rings is 1. The molecule has 1 aromatic carbocycles. The minimum Gasteiger partial charge on any atom is -0.484 e. The average molecular weight is 478 g/mol. The van der Waals surface area contributed by atoms with Gasteiger partial charge in [-0.2, -0.15) is 5.26 Å². The molecule has 2 aliphatic rings. The van der Waals surface area contributed by atoms with Crippen LogP contribution in [0.15, 0.2) is 29.1 Å². The number of amides is 1. The molecule has 34 heavy (non-hydrogen) atoms. The summed E-state index contributed by atoms with van der Waals surface area (Å²) in [5.41, 5.74) is 2.11. The Kier molecular flexibility index (Phi) is 6.61. The molecule has 0 atom stereocenters. The lowest BCUT2D eigenvalue weighted by Crippen LogP contribution is -2.49. The fourth-order valence-corrected chi connectivity index (χ4v) is 5.96. The van der Waals surface area contributed by atoms with Gasteiger partial charge in [0.05, 0.1) is 24.4 Å². The van der Waals surface area contributed by atoms with E-state index in [4.69, 9.17) is 15.0 Å². The summed E-state index contributed by atoms with van der Waals surface area (Å²) in [5.74, 6) is 1.27. The summed E-state index contributed by atoms with van der Waals surface area (Å²) in [6.45, 7) is 3.23. The van der Waals surface area contributed by atoms with Gasteiger partial charge < -0.3 is 14.6 Å². The Hall–Kier alpha value is -3.22. The Morgan fingerprint density at radius 1 is 1.15 bits per heavy atom. The van der Waals surface area contributed by atoms with Crippen LogP contribution in [0.3, 0.4) is 0 Å². The second-order valence-electron chi connectivity index (χ2n) is 8.83. The van der Waals surface area contributed by atoms with E-state index in [0.717, 1.165) is 48.1 Å². The van der Waals surface area contributed by atoms with Crippen LogP contribution in [0, 0.1) is 11.3 Å². The summed E-state index contributed by atoms with van der Waals surface area (Å²) < 4.78 is 5.63. The summed E-state index contributed by atoms with van der Waals surface area (Å²) >= 11 is 1.67. The third kappa shape index (κ3) is 4.83.